The molecular formula is C21H24ClN3O3. The number of hydrogen-bond donors (Lipinski definition) is 2. The predicted molar refractivity (Wildman–Crippen MR) is 115 cm³/mol. The Bertz CT molecular complexity index is 883. The van der Waals surface area contributed by atoms with E-state index >= 15 is 0 Å². The monoisotopic (exact) mass is 401 g/mol. The van der Waals surface area contributed by atoms with Crippen LogP contribution in [0, 0.1) is 0 Å². The predicted octanol–water partition coefficient (Wildman–Crippen LogP) is 4.43. The van der Waals surface area contributed by atoms with Crippen LogP contribution in [0.3, 0.4) is 0 Å². The van der Waals surface area contributed by atoms with Crippen molar-refractivity contribution in [2.75, 3.05) is 29.9 Å². The molecule has 1 heterocycles. The molecule has 0 saturated carbocycles. The van der Waals surface area contributed by atoms with Gasteiger partial charge < -0.3 is 10.1 Å². The van der Waals surface area contributed by atoms with Crippen LogP contribution in [0.1, 0.15) is 25.0 Å². The molecule has 6 nitrogen and oxygen atoms in total. The van der Waals surface area contributed by atoms with Crippen molar-refractivity contribution in [3.63, 3.8) is 0 Å². The van der Waals surface area contributed by atoms with Crippen molar-refractivity contribution in [1.29, 1.82) is 0 Å². The number of carbonyl (C=O) groups is 2. The zero-order valence-corrected chi connectivity index (χ0v) is 16.7. The molecular weight excluding hydrogens is 378 g/mol. The van der Waals surface area contributed by atoms with Crippen molar-refractivity contribution >= 4 is 53.6 Å². The molecule has 2 aromatic rings. The molecule has 0 bridgehead atoms. The van der Waals surface area contributed by atoms with E-state index in [1.54, 1.807) is 24.0 Å². The number of para-hydroxylation sites is 1. The highest BCUT2D eigenvalue weighted by Crippen LogP contribution is 2.37. The summed E-state index contributed by atoms with van der Waals surface area (Å²) >= 11 is 0. The fourth-order valence-corrected chi connectivity index (χ4v) is 2.96. The quantitative estimate of drug-likeness (QED) is 0.777. The van der Waals surface area contributed by atoms with E-state index in [9.17, 15) is 9.59 Å². The molecule has 3 rings (SSSR count). The molecule has 0 spiro atoms. The van der Waals surface area contributed by atoms with Crippen LogP contribution in [0.5, 0.6) is 0 Å². The lowest BCUT2D eigenvalue weighted by Gasteiger charge is -2.25. The lowest BCUT2D eigenvalue weighted by Crippen LogP contribution is -2.35. The van der Waals surface area contributed by atoms with Crippen LogP contribution in [-0.2, 0) is 9.53 Å². The van der Waals surface area contributed by atoms with E-state index in [-0.39, 0.29) is 24.9 Å². The first-order chi connectivity index (χ1) is 13.1. The van der Waals surface area contributed by atoms with E-state index in [1.807, 2.05) is 49.4 Å². The number of likely N-dealkylation sites (N-methyl/N-ethyl adjacent to an activating group) is 1. The summed E-state index contributed by atoms with van der Waals surface area (Å²) in [6.45, 7) is 4.93. The molecule has 1 aliphatic heterocycles. The molecule has 2 N–H and O–H groups in total. The summed E-state index contributed by atoms with van der Waals surface area (Å²) in [4.78, 5) is 26.5. The first kappa shape index (κ1) is 21.5. The standard InChI is InChI=1S/C21H23N3O3.ClH/c1-3-22-14-20(25)24-18-8-6-5-7-15(18)9-10-16-11-12-17(13-19(16)24)23-21(26)27-4-2;/h5-13,22H,3-4,14H2,1-2H3,(H,23,26);1H. The molecule has 0 fully saturated rings. The summed E-state index contributed by atoms with van der Waals surface area (Å²) in [6, 6.07) is 13.2. The number of nitrogens with one attached hydrogen (secondary N) is 2. The third-order valence-corrected chi connectivity index (χ3v) is 4.19. The number of carbonyl (C=O) groups excluding carboxylic acids is 2. The first-order valence-corrected chi connectivity index (χ1v) is 9.02. The number of fused-ring (bicyclic) bond motifs is 2. The molecule has 0 saturated heterocycles. The number of benzene rings is 2. The SMILES string of the molecule is CCNCC(=O)N1c2ccccc2C=Cc2ccc(NC(=O)OCC)cc21.Cl. The third kappa shape index (κ3) is 4.71. The van der Waals surface area contributed by atoms with E-state index in [4.69, 9.17) is 4.74 Å². The molecule has 1 aliphatic rings. The Hall–Kier alpha value is -2.83. The Morgan fingerprint density at radius 1 is 1.00 bits per heavy atom. The van der Waals surface area contributed by atoms with Crippen molar-refractivity contribution in [2.24, 2.45) is 0 Å². The highest BCUT2D eigenvalue weighted by molar-refractivity contribution is 6.07. The lowest BCUT2D eigenvalue weighted by atomic mass is 10.1. The van der Waals surface area contributed by atoms with Crippen LogP contribution < -0.4 is 15.5 Å². The molecule has 0 atom stereocenters. The van der Waals surface area contributed by atoms with Crippen molar-refractivity contribution < 1.29 is 14.3 Å². The molecule has 28 heavy (non-hydrogen) atoms. The molecule has 2 amide bonds. The van der Waals surface area contributed by atoms with Crippen LogP contribution in [0.2, 0.25) is 0 Å². The molecule has 0 aliphatic carbocycles. The Kier molecular flexibility index (Phi) is 7.61. The number of rotatable bonds is 5. The summed E-state index contributed by atoms with van der Waals surface area (Å²) in [6.07, 6.45) is 3.45. The van der Waals surface area contributed by atoms with Gasteiger partial charge in [0.1, 0.15) is 0 Å². The van der Waals surface area contributed by atoms with Gasteiger partial charge in [-0.2, -0.15) is 0 Å². The molecule has 148 valence electrons. The summed E-state index contributed by atoms with van der Waals surface area (Å²) in [7, 11) is 0. The van der Waals surface area contributed by atoms with Gasteiger partial charge in [0.05, 0.1) is 24.5 Å². The van der Waals surface area contributed by atoms with Crippen LogP contribution in [0.25, 0.3) is 12.2 Å². The van der Waals surface area contributed by atoms with E-state index in [1.165, 1.54) is 0 Å². The molecule has 2 aromatic carbocycles. The second-order valence-electron chi connectivity index (χ2n) is 6.02. The number of nitrogens with zero attached hydrogens (tertiary/aromatic N) is 1. The Morgan fingerprint density at radius 3 is 2.43 bits per heavy atom. The summed E-state index contributed by atoms with van der Waals surface area (Å²) in [5.74, 6) is -0.0671. The van der Waals surface area contributed by atoms with Gasteiger partial charge in [-0.25, -0.2) is 4.79 Å². The van der Waals surface area contributed by atoms with Gasteiger partial charge in [-0.15, -0.1) is 12.4 Å². The minimum absolute atomic E-state index is 0. The van der Waals surface area contributed by atoms with Crippen LogP contribution in [0.4, 0.5) is 21.9 Å². The smallest absolute Gasteiger partial charge is 0.411 e. The van der Waals surface area contributed by atoms with Gasteiger partial charge in [-0.3, -0.25) is 15.0 Å². The van der Waals surface area contributed by atoms with Gasteiger partial charge in [0.15, 0.2) is 0 Å². The second kappa shape index (κ2) is 9.92. The van der Waals surface area contributed by atoms with E-state index in [0.29, 0.717) is 24.5 Å². The maximum atomic E-state index is 13.0. The summed E-state index contributed by atoms with van der Waals surface area (Å²) in [5, 5.41) is 5.79. The topological polar surface area (TPSA) is 70.7 Å². The number of ether oxygens (including phenoxy) is 1. The van der Waals surface area contributed by atoms with Gasteiger partial charge in [0.2, 0.25) is 5.91 Å². The Balaban J connectivity index is 0.00000280. The van der Waals surface area contributed by atoms with Gasteiger partial charge in [0.25, 0.3) is 0 Å². The molecule has 0 radical (unpaired) electrons. The largest absolute Gasteiger partial charge is 0.450 e. The number of hydrogen-bond acceptors (Lipinski definition) is 4. The summed E-state index contributed by atoms with van der Waals surface area (Å²) < 4.78 is 4.94. The zero-order chi connectivity index (χ0) is 19.2. The Labute approximate surface area is 171 Å². The first-order valence-electron chi connectivity index (χ1n) is 9.02. The maximum absolute atomic E-state index is 13.0. The minimum Gasteiger partial charge on any atom is -0.450 e. The van der Waals surface area contributed by atoms with Crippen LogP contribution in [0.15, 0.2) is 42.5 Å². The zero-order valence-electron chi connectivity index (χ0n) is 15.9. The van der Waals surface area contributed by atoms with E-state index in [0.717, 1.165) is 16.8 Å². The fourth-order valence-electron chi connectivity index (χ4n) is 2.96. The summed E-state index contributed by atoms with van der Waals surface area (Å²) in [5.41, 5.74) is 3.95. The average Bonchev–Trinajstić information content (AvgIpc) is 2.83. The fraction of sp³-hybridized carbons (Fsp3) is 0.238. The van der Waals surface area contributed by atoms with Crippen molar-refractivity contribution in [3.8, 4) is 0 Å². The number of amides is 2. The molecule has 0 aromatic heterocycles. The van der Waals surface area contributed by atoms with Crippen LogP contribution in [-0.4, -0.2) is 31.7 Å². The minimum atomic E-state index is -0.521. The number of anilines is 3. The normalized spacial score (nSPS) is 11.6. The van der Waals surface area contributed by atoms with Gasteiger partial charge >= 0.3 is 6.09 Å². The van der Waals surface area contributed by atoms with Crippen LogP contribution >= 0.6 is 12.4 Å². The second-order valence-corrected chi connectivity index (χ2v) is 6.02. The lowest BCUT2D eigenvalue weighted by molar-refractivity contribution is -0.117. The molecule has 0 unspecified atom stereocenters. The third-order valence-electron chi connectivity index (χ3n) is 4.19. The van der Waals surface area contributed by atoms with Crippen molar-refractivity contribution in [3.05, 3.63) is 53.6 Å². The van der Waals surface area contributed by atoms with Gasteiger partial charge in [0, 0.05) is 5.69 Å². The van der Waals surface area contributed by atoms with E-state index < -0.39 is 6.09 Å². The Morgan fingerprint density at radius 2 is 1.71 bits per heavy atom. The van der Waals surface area contributed by atoms with Crippen molar-refractivity contribution in [2.45, 2.75) is 13.8 Å². The number of halogens is 1. The van der Waals surface area contributed by atoms with E-state index in [2.05, 4.69) is 10.6 Å². The van der Waals surface area contributed by atoms with Crippen molar-refractivity contribution in [1.82, 2.24) is 5.32 Å². The van der Waals surface area contributed by atoms with Gasteiger partial charge in [-0.1, -0.05) is 43.3 Å². The van der Waals surface area contributed by atoms with Gasteiger partial charge in [-0.05, 0) is 42.8 Å². The maximum Gasteiger partial charge on any atom is 0.411 e. The highest BCUT2D eigenvalue weighted by Gasteiger charge is 2.24. The molecule has 7 heteroatoms. The highest BCUT2D eigenvalue weighted by atomic mass is 35.5. The average molecular weight is 402 g/mol.